The van der Waals surface area contributed by atoms with Gasteiger partial charge in [0, 0.05) is 11.5 Å². The van der Waals surface area contributed by atoms with E-state index in [1.165, 1.54) is 0 Å². The van der Waals surface area contributed by atoms with E-state index in [-0.39, 0.29) is 0 Å². The van der Waals surface area contributed by atoms with Crippen LogP contribution in [0, 0.1) is 6.92 Å². The molecule has 112 valence electrons. The van der Waals surface area contributed by atoms with Crippen LogP contribution in [0.3, 0.4) is 0 Å². The van der Waals surface area contributed by atoms with Gasteiger partial charge in [0.15, 0.2) is 0 Å². The van der Waals surface area contributed by atoms with E-state index in [4.69, 9.17) is 22.7 Å². The monoisotopic (exact) mass is 367 g/mol. The van der Waals surface area contributed by atoms with Crippen molar-refractivity contribution in [1.82, 2.24) is 9.78 Å². The van der Waals surface area contributed by atoms with E-state index in [1.807, 2.05) is 26.1 Å². The summed E-state index contributed by atoms with van der Waals surface area (Å²) in [7, 11) is 1.82. The average molecular weight is 368 g/mol. The Morgan fingerprint density at radius 2 is 2.10 bits per heavy atom. The average Bonchev–Trinajstić information content (AvgIpc) is 2.66. The van der Waals surface area contributed by atoms with Gasteiger partial charge in [0.2, 0.25) is 5.88 Å². The van der Waals surface area contributed by atoms with E-state index >= 15 is 0 Å². The third kappa shape index (κ3) is 3.27. The highest BCUT2D eigenvalue weighted by atomic mass is 79.9. The fourth-order valence-corrected chi connectivity index (χ4v) is 2.82. The van der Waals surface area contributed by atoms with Crippen LogP contribution >= 0.6 is 28.1 Å². The van der Waals surface area contributed by atoms with Crippen molar-refractivity contribution in [3.8, 4) is 11.6 Å². The molecule has 4 nitrogen and oxygen atoms in total. The van der Waals surface area contributed by atoms with Crippen molar-refractivity contribution in [2.75, 3.05) is 0 Å². The summed E-state index contributed by atoms with van der Waals surface area (Å²) in [5, 5.41) is 4.34. The van der Waals surface area contributed by atoms with Crippen LogP contribution in [0.25, 0.3) is 0 Å². The quantitative estimate of drug-likeness (QED) is 0.828. The number of aryl methyl sites for hydroxylation is 2. The minimum Gasteiger partial charge on any atom is -0.438 e. The zero-order chi connectivity index (χ0) is 15.7. The molecule has 0 aliphatic heterocycles. The van der Waals surface area contributed by atoms with Crippen molar-refractivity contribution >= 4 is 33.1 Å². The van der Waals surface area contributed by atoms with E-state index in [0.29, 0.717) is 22.3 Å². The van der Waals surface area contributed by atoms with Gasteiger partial charge in [-0.1, -0.05) is 42.0 Å². The van der Waals surface area contributed by atoms with E-state index in [1.54, 1.807) is 4.68 Å². The molecule has 1 heterocycles. The zero-order valence-corrected chi connectivity index (χ0v) is 14.9. The second-order valence-corrected chi connectivity index (χ2v) is 6.55. The van der Waals surface area contributed by atoms with E-state index < -0.39 is 0 Å². The summed E-state index contributed by atoms with van der Waals surface area (Å²) in [6, 6.07) is 5.94. The van der Waals surface area contributed by atoms with E-state index in [0.717, 1.165) is 21.5 Å². The van der Waals surface area contributed by atoms with Crippen LogP contribution in [0.1, 0.15) is 36.6 Å². The molecule has 2 rings (SSSR count). The van der Waals surface area contributed by atoms with Crippen molar-refractivity contribution in [2.24, 2.45) is 12.8 Å². The number of thiocarbonyl (C=S) groups is 1. The van der Waals surface area contributed by atoms with E-state index in [2.05, 4.69) is 40.9 Å². The van der Waals surface area contributed by atoms with Crippen molar-refractivity contribution in [3.05, 3.63) is 39.5 Å². The minimum atomic E-state index is 0.291. The molecule has 0 saturated carbocycles. The summed E-state index contributed by atoms with van der Waals surface area (Å²) in [5.41, 5.74) is 8.36. The molecule has 1 aromatic heterocycles. The molecule has 6 heteroatoms. The van der Waals surface area contributed by atoms with Crippen LogP contribution in [-0.4, -0.2) is 14.8 Å². The van der Waals surface area contributed by atoms with Gasteiger partial charge in [-0.15, -0.1) is 0 Å². The van der Waals surface area contributed by atoms with Crippen molar-refractivity contribution in [2.45, 2.75) is 26.7 Å². The van der Waals surface area contributed by atoms with Crippen LogP contribution < -0.4 is 10.5 Å². The van der Waals surface area contributed by atoms with Gasteiger partial charge in [0.1, 0.15) is 10.7 Å². The third-order valence-electron chi connectivity index (χ3n) is 3.22. The Hall–Kier alpha value is -1.40. The summed E-state index contributed by atoms with van der Waals surface area (Å²) in [4.78, 5) is 0.291. The number of hydrogen-bond acceptors (Lipinski definition) is 3. The topological polar surface area (TPSA) is 53.1 Å². The molecule has 2 N–H and O–H groups in total. The maximum Gasteiger partial charge on any atom is 0.228 e. The summed E-state index contributed by atoms with van der Waals surface area (Å²) >= 11 is 8.60. The highest BCUT2D eigenvalue weighted by Crippen LogP contribution is 2.34. The Kier molecular flexibility index (Phi) is 4.68. The minimum absolute atomic E-state index is 0.291. The molecule has 0 fully saturated rings. The van der Waals surface area contributed by atoms with Gasteiger partial charge in [-0.3, -0.25) is 0 Å². The Labute approximate surface area is 138 Å². The predicted molar refractivity (Wildman–Crippen MR) is 92.1 cm³/mol. The smallest absolute Gasteiger partial charge is 0.228 e. The normalized spacial score (nSPS) is 11.0. The van der Waals surface area contributed by atoms with Crippen molar-refractivity contribution in [3.63, 3.8) is 0 Å². The van der Waals surface area contributed by atoms with Crippen LogP contribution in [-0.2, 0) is 7.05 Å². The number of rotatable bonds is 4. The first-order valence-electron chi connectivity index (χ1n) is 6.62. The van der Waals surface area contributed by atoms with Gasteiger partial charge in [-0.2, -0.15) is 5.10 Å². The molecule has 0 atom stereocenters. The summed E-state index contributed by atoms with van der Waals surface area (Å²) in [6.07, 6.45) is 0. The number of hydrogen-bond donors (Lipinski definition) is 1. The largest absolute Gasteiger partial charge is 0.438 e. The first-order valence-corrected chi connectivity index (χ1v) is 7.82. The summed E-state index contributed by atoms with van der Waals surface area (Å²) in [5.74, 6) is 1.69. The number of halogens is 1. The molecule has 2 aromatic rings. The molecule has 0 aliphatic carbocycles. The Morgan fingerprint density at radius 1 is 1.43 bits per heavy atom. The van der Waals surface area contributed by atoms with Gasteiger partial charge in [-0.05, 0) is 36.6 Å². The lowest BCUT2D eigenvalue weighted by Crippen LogP contribution is -2.11. The second kappa shape index (κ2) is 6.15. The molecule has 0 bridgehead atoms. The first-order chi connectivity index (χ1) is 9.81. The third-order valence-corrected chi connectivity index (χ3v) is 3.91. The molecular formula is C15H18BrN3OS. The summed E-state index contributed by atoms with van der Waals surface area (Å²) in [6.45, 7) is 6.11. The Morgan fingerprint density at radius 3 is 2.67 bits per heavy atom. The zero-order valence-electron chi connectivity index (χ0n) is 12.5. The molecule has 0 aliphatic rings. The lowest BCUT2D eigenvalue weighted by molar-refractivity contribution is 0.423. The van der Waals surface area contributed by atoms with Gasteiger partial charge < -0.3 is 10.5 Å². The van der Waals surface area contributed by atoms with Gasteiger partial charge >= 0.3 is 0 Å². The Balaban J connectivity index is 2.51. The number of aromatic nitrogens is 2. The maximum absolute atomic E-state index is 6.08. The standard InChI is InChI=1S/C15H18BrN3OS/c1-8(2)11-7-10(16)5-6-12(11)20-15-13(14(17)21)9(3)18-19(15)4/h5-8H,1-4H3,(H2,17,21). The first kappa shape index (κ1) is 16.0. The molecule has 1 aromatic carbocycles. The van der Waals surface area contributed by atoms with E-state index in [9.17, 15) is 0 Å². The van der Waals surface area contributed by atoms with Gasteiger partial charge in [-0.25, -0.2) is 4.68 Å². The van der Waals surface area contributed by atoms with Crippen LogP contribution in [0.2, 0.25) is 0 Å². The SMILES string of the molecule is Cc1nn(C)c(Oc2ccc(Br)cc2C(C)C)c1C(N)=S. The van der Waals surface area contributed by atoms with Gasteiger partial charge in [0.05, 0.1) is 11.3 Å². The molecule has 0 unspecified atom stereocenters. The highest BCUT2D eigenvalue weighted by Gasteiger charge is 2.19. The summed E-state index contributed by atoms with van der Waals surface area (Å²) < 4.78 is 8.77. The number of nitrogens with two attached hydrogens (primary N) is 1. The van der Waals surface area contributed by atoms with Crippen LogP contribution in [0.4, 0.5) is 0 Å². The lowest BCUT2D eigenvalue weighted by Gasteiger charge is -2.15. The fraction of sp³-hybridized carbons (Fsp3) is 0.333. The fourth-order valence-electron chi connectivity index (χ4n) is 2.21. The Bertz CT molecular complexity index is 694. The van der Waals surface area contributed by atoms with Gasteiger partial charge in [0.25, 0.3) is 0 Å². The number of benzene rings is 1. The molecule has 0 radical (unpaired) electrons. The number of ether oxygens (including phenoxy) is 1. The molecule has 0 spiro atoms. The van der Waals surface area contributed by atoms with Crippen LogP contribution in [0.5, 0.6) is 11.6 Å². The van der Waals surface area contributed by atoms with Crippen LogP contribution in [0.15, 0.2) is 22.7 Å². The van der Waals surface area contributed by atoms with Crippen molar-refractivity contribution in [1.29, 1.82) is 0 Å². The molecular weight excluding hydrogens is 350 g/mol. The molecule has 21 heavy (non-hydrogen) atoms. The maximum atomic E-state index is 6.08. The number of nitrogens with zero attached hydrogens (tertiary/aromatic N) is 2. The molecule has 0 saturated heterocycles. The lowest BCUT2D eigenvalue weighted by atomic mass is 10.0. The van der Waals surface area contributed by atoms with Crippen molar-refractivity contribution < 1.29 is 4.74 Å². The molecule has 0 amide bonds. The highest BCUT2D eigenvalue weighted by molar-refractivity contribution is 9.10. The second-order valence-electron chi connectivity index (χ2n) is 5.19. The predicted octanol–water partition coefficient (Wildman–Crippen LogP) is 4.04.